The van der Waals surface area contributed by atoms with E-state index in [1.165, 1.54) is 23.1 Å². The van der Waals surface area contributed by atoms with Crippen LogP contribution in [0.25, 0.3) is 0 Å². The van der Waals surface area contributed by atoms with Crippen molar-refractivity contribution in [3.63, 3.8) is 0 Å². The molecule has 1 nitrogen and oxygen atoms in total. The van der Waals surface area contributed by atoms with E-state index in [-0.39, 0.29) is 5.38 Å². The first kappa shape index (κ1) is 13.7. The Kier molecular flexibility index (Phi) is 3.91. The maximum Gasteiger partial charge on any atom is 0.122 e. The zero-order valence-electron chi connectivity index (χ0n) is 11.8. The molecule has 1 aromatic carbocycles. The van der Waals surface area contributed by atoms with Crippen molar-refractivity contribution in [2.45, 2.75) is 52.3 Å². The second-order valence-corrected chi connectivity index (χ2v) is 6.57. The van der Waals surface area contributed by atoms with Crippen molar-refractivity contribution in [2.24, 2.45) is 5.41 Å². The van der Waals surface area contributed by atoms with E-state index in [2.05, 4.69) is 32.9 Å². The van der Waals surface area contributed by atoms with E-state index in [0.717, 1.165) is 18.6 Å². The van der Waals surface area contributed by atoms with Crippen LogP contribution in [0.15, 0.2) is 12.1 Å². The highest BCUT2D eigenvalue weighted by molar-refractivity contribution is 6.21. The lowest BCUT2D eigenvalue weighted by Gasteiger charge is -2.24. The number of halogens is 1. The fourth-order valence-electron chi connectivity index (χ4n) is 2.90. The Labute approximate surface area is 115 Å². The molecule has 2 rings (SSSR count). The van der Waals surface area contributed by atoms with Gasteiger partial charge in [0.25, 0.3) is 0 Å². The smallest absolute Gasteiger partial charge is 0.122 e. The molecule has 1 aromatic rings. The molecule has 0 N–H and O–H groups in total. The van der Waals surface area contributed by atoms with Gasteiger partial charge in [-0.1, -0.05) is 19.9 Å². The third kappa shape index (κ3) is 2.66. The van der Waals surface area contributed by atoms with E-state index in [9.17, 15) is 0 Å². The van der Waals surface area contributed by atoms with E-state index in [4.69, 9.17) is 16.3 Å². The Morgan fingerprint density at radius 1 is 1.39 bits per heavy atom. The normalized spacial score (nSPS) is 22.2. The molecule has 100 valence electrons. The second-order valence-electron chi connectivity index (χ2n) is 6.04. The number of fused-ring (bicyclic) bond motifs is 1. The Morgan fingerprint density at radius 2 is 2.11 bits per heavy atom. The number of aryl methyl sites for hydroxylation is 1. The maximum absolute atomic E-state index is 6.66. The topological polar surface area (TPSA) is 9.23 Å². The Morgan fingerprint density at radius 3 is 2.78 bits per heavy atom. The molecule has 1 aliphatic carbocycles. The molecule has 0 saturated heterocycles. The fourth-order valence-corrected chi connectivity index (χ4v) is 3.62. The molecule has 0 fully saturated rings. The van der Waals surface area contributed by atoms with Crippen molar-refractivity contribution < 1.29 is 4.74 Å². The van der Waals surface area contributed by atoms with Gasteiger partial charge in [0.15, 0.2) is 0 Å². The molecule has 1 unspecified atom stereocenters. The lowest BCUT2D eigenvalue weighted by Crippen LogP contribution is -2.11. The predicted octanol–water partition coefficient (Wildman–Crippen LogP) is 5.04. The van der Waals surface area contributed by atoms with E-state index in [0.29, 0.717) is 12.0 Å². The highest BCUT2D eigenvalue weighted by Crippen LogP contribution is 2.46. The van der Waals surface area contributed by atoms with Gasteiger partial charge in [0.05, 0.1) is 12.0 Å². The summed E-state index contributed by atoms with van der Waals surface area (Å²) in [6, 6.07) is 4.23. The zero-order chi connectivity index (χ0) is 13.3. The fraction of sp³-hybridized carbons (Fsp3) is 0.625. The molecule has 0 aromatic heterocycles. The van der Waals surface area contributed by atoms with Gasteiger partial charge in [0.1, 0.15) is 5.75 Å². The Hall–Kier alpha value is -0.690. The molecule has 0 radical (unpaired) electrons. The van der Waals surface area contributed by atoms with Crippen LogP contribution in [0, 0.1) is 12.3 Å². The summed E-state index contributed by atoms with van der Waals surface area (Å²) in [5.41, 5.74) is 4.25. The van der Waals surface area contributed by atoms with Crippen LogP contribution in [0.4, 0.5) is 0 Å². The summed E-state index contributed by atoms with van der Waals surface area (Å²) in [6.07, 6.45) is 3.29. The first-order valence-electron chi connectivity index (χ1n) is 6.84. The summed E-state index contributed by atoms with van der Waals surface area (Å²) >= 11 is 6.66. The van der Waals surface area contributed by atoms with Crippen molar-refractivity contribution in [2.75, 3.05) is 6.61 Å². The molecule has 0 heterocycles. The van der Waals surface area contributed by atoms with Crippen LogP contribution >= 0.6 is 11.6 Å². The molecular formula is C16H23ClO. The molecule has 0 bridgehead atoms. The summed E-state index contributed by atoms with van der Waals surface area (Å²) in [7, 11) is 0. The minimum Gasteiger partial charge on any atom is -0.494 e. The second kappa shape index (κ2) is 5.13. The largest absolute Gasteiger partial charge is 0.494 e. The van der Waals surface area contributed by atoms with Gasteiger partial charge in [-0.2, -0.15) is 0 Å². The standard InChI is InChI=1S/C16H23ClO/c1-5-18-14-7-6-11(2)15-12(14)8-9-16(3,4)10-13(15)17/h6-7,13H,5,8-10H2,1-4H3. The summed E-state index contributed by atoms with van der Waals surface area (Å²) in [4.78, 5) is 0. The Balaban J connectivity index is 2.49. The number of rotatable bonds is 2. The summed E-state index contributed by atoms with van der Waals surface area (Å²) in [5.74, 6) is 1.03. The highest BCUT2D eigenvalue weighted by Gasteiger charge is 2.30. The number of alkyl halides is 1. The van der Waals surface area contributed by atoms with Gasteiger partial charge < -0.3 is 4.74 Å². The molecule has 1 aliphatic rings. The summed E-state index contributed by atoms with van der Waals surface area (Å²) in [6.45, 7) is 9.52. The maximum atomic E-state index is 6.66. The average molecular weight is 267 g/mol. The molecular weight excluding hydrogens is 244 g/mol. The molecule has 2 heteroatoms. The monoisotopic (exact) mass is 266 g/mol. The summed E-state index contributed by atoms with van der Waals surface area (Å²) in [5, 5.41) is 0.109. The number of hydrogen-bond donors (Lipinski definition) is 0. The quantitative estimate of drug-likeness (QED) is 0.538. The number of hydrogen-bond acceptors (Lipinski definition) is 1. The van der Waals surface area contributed by atoms with E-state index >= 15 is 0 Å². The van der Waals surface area contributed by atoms with Crippen molar-refractivity contribution in [1.29, 1.82) is 0 Å². The lowest BCUT2D eigenvalue weighted by molar-refractivity contribution is 0.310. The van der Waals surface area contributed by atoms with Gasteiger partial charge in [-0.25, -0.2) is 0 Å². The molecule has 0 aliphatic heterocycles. The van der Waals surface area contributed by atoms with Gasteiger partial charge in [-0.3, -0.25) is 0 Å². The van der Waals surface area contributed by atoms with Crippen LogP contribution in [0.5, 0.6) is 5.75 Å². The van der Waals surface area contributed by atoms with Crippen molar-refractivity contribution >= 4 is 11.6 Å². The van der Waals surface area contributed by atoms with E-state index < -0.39 is 0 Å². The molecule has 0 spiro atoms. The number of benzene rings is 1. The SMILES string of the molecule is CCOc1ccc(C)c2c1CCC(C)(C)CC2Cl. The predicted molar refractivity (Wildman–Crippen MR) is 77.7 cm³/mol. The van der Waals surface area contributed by atoms with Crippen molar-refractivity contribution in [3.05, 3.63) is 28.8 Å². The molecule has 18 heavy (non-hydrogen) atoms. The van der Waals surface area contributed by atoms with Crippen molar-refractivity contribution in [1.82, 2.24) is 0 Å². The molecule has 0 amide bonds. The van der Waals surface area contributed by atoms with Gasteiger partial charge in [0, 0.05) is 0 Å². The van der Waals surface area contributed by atoms with Gasteiger partial charge in [-0.15, -0.1) is 11.6 Å². The van der Waals surface area contributed by atoms with Crippen LogP contribution < -0.4 is 4.74 Å². The van der Waals surface area contributed by atoms with Crippen LogP contribution in [-0.4, -0.2) is 6.61 Å². The van der Waals surface area contributed by atoms with Gasteiger partial charge in [0.2, 0.25) is 0 Å². The summed E-state index contributed by atoms with van der Waals surface area (Å²) < 4.78 is 5.77. The van der Waals surface area contributed by atoms with Crippen LogP contribution in [0.1, 0.15) is 55.7 Å². The Bertz CT molecular complexity index is 437. The highest BCUT2D eigenvalue weighted by atomic mass is 35.5. The molecule has 1 atom stereocenters. The zero-order valence-corrected chi connectivity index (χ0v) is 12.6. The molecule has 0 saturated carbocycles. The first-order chi connectivity index (χ1) is 8.44. The lowest BCUT2D eigenvalue weighted by atomic mass is 9.84. The van der Waals surface area contributed by atoms with E-state index in [1.807, 2.05) is 6.92 Å². The number of ether oxygens (including phenoxy) is 1. The van der Waals surface area contributed by atoms with E-state index in [1.54, 1.807) is 0 Å². The minimum atomic E-state index is 0.109. The van der Waals surface area contributed by atoms with Gasteiger partial charge in [-0.05, 0) is 61.3 Å². The first-order valence-corrected chi connectivity index (χ1v) is 7.27. The third-order valence-electron chi connectivity index (χ3n) is 3.93. The van der Waals surface area contributed by atoms with Crippen LogP contribution in [0.3, 0.4) is 0 Å². The minimum absolute atomic E-state index is 0.109. The average Bonchev–Trinajstić information content (AvgIpc) is 2.39. The van der Waals surface area contributed by atoms with Crippen LogP contribution in [-0.2, 0) is 6.42 Å². The van der Waals surface area contributed by atoms with Gasteiger partial charge >= 0.3 is 0 Å². The van der Waals surface area contributed by atoms with Crippen molar-refractivity contribution in [3.8, 4) is 5.75 Å². The van der Waals surface area contributed by atoms with Crippen LogP contribution in [0.2, 0.25) is 0 Å². The third-order valence-corrected chi connectivity index (χ3v) is 4.30.